The highest BCUT2D eigenvalue weighted by molar-refractivity contribution is 5.94. The number of rotatable bonds is 11. The lowest BCUT2D eigenvalue weighted by molar-refractivity contribution is -0.130. The molecule has 6 nitrogen and oxygen atoms in total. The summed E-state index contributed by atoms with van der Waals surface area (Å²) in [5, 5.41) is 3.09. The standard InChI is InChI=1S/C33H47N3O3/c1-24-20-29(21-25(2)32(24)39-4)33(38)34-22-26-14-19-36(23-26)31(37)13-9-8-12-30(27-10-6-5-7-11-27)28-15-17-35(3)18-16-28/h5-7,10-11,20-21,26,28,30H,8-9,12-19,22-23H2,1-4H3,(H,34,38). The van der Waals surface area contributed by atoms with Gasteiger partial charge in [-0.3, -0.25) is 9.59 Å². The Labute approximate surface area is 235 Å². The van der Waals surface area contributed by atoms with Crippen LogP contribution in [0, 0.1) is 25.7 Å². The van der Waals surface area contributed by atoms with Gasteiger partial charge in [-0.05, 0) is 113 Å². The number of piperidine rings is 1. The number of unbranched alkanes of at least 4 members (excludes halogenated alkanes) is 1. The van der Waals surface area contributed by atoms with Gasteiger partial charge in [-0.2, -0.15) is 0 Å². The van der Waals surface area contributed by atoms with Crippen LogP contribution in [0.2, 0.25) is 0 Å². The van der Waals surface area contributed by atoms with E-state index >= 15 is 0 Å². The summed E-state index contributed by atoms with van der Waals surface area (Å²) in [6, 6.07) is 14.7. The number of amides is 2. The van der Waals surface area contributed by atoms with Crippen LogP contribution in [0.4, 0.5) is 0 Å². The van der Waals surface area contributed by atoms with Gasteiger partial charge in [0.25, 0.3) is 5.91 Å². The number of nitrogens with one attached hydrogen (secondary N) is 1. The number of ether oxygens (including phenoxy) is 1. The molecule has 39 heavy (non-hydrogen) atoms. The van der Waals surface area contributed by atoms with Gasteiger partial charge in [-0.1, -0.05) is 36.8 Å². The zero-order valence-corrected chi connectivity index (χ0v) is 24.4. The lowest BCUT2D eigenvalue weighted by atomic mass is 9.77. The van der Waals surface area contributed by atoms with Crippen molar-refractivity contribution in [2.45, 2.75) is 64.7 Å². The van der Waals surface area contributed by atoms with Crippen LogP contribution in [0.1, 0.15) is 77.9 Å². The molecule has 2 unspecified atom stereocenters. The molecule has 2 aromatic rings. The predicted octanol–water partition coefficient (Wildman–Crippen LogP) is 5.58. The Morgan fingerprint density at radius 2 is 1.69 bits per heavy atom. The van der Waals surface area contributed by atoms with Crippen LogP contribution in [0.15, 0.2) is 42.5 Å². The normalized spacial score (nSPS) is 19.2. The van der Waals surface area contributed by atoms with Gasteiger partial charge in [0, 0.05) is 31.6 Å². The Balaban J connectivity index is 1.19. The van der Waals surface area contributed by atoms with Gasteiger partial charge in [-0.25, -0.2) is 0 Å². The van der Waals surface area contributed by atoms with E-state index in [1.165, 1.54) is 31.5 Å². The van der Waals surface area contributed by atoms with Crippen LogP contribution in [-0.4, -0.2) is 68.5 Å². The summed E-state index contributed by atoms with van der Waals surface area (Å²) in [6.07, 6.45) is 7.28. The Morgan fingerprint density at radius 3 is 2.36 bits per heavy atom. The number of nitrogens with zero attached hydrogens (tertiary/aromatic N) is 2. The van der Waals surface area contributed by atoms with Gasteiger partial charge in [-0.15, -0.1) is 0 Å². The lowest BCUT2D eigenvalue weighted by Crippen LogP contribution is -2.33. The van der Waals surface area contributed by atoms with Gasteiger partial charge in [0.15, 0.2) is 0 Å². The number of carbonyl (C=O) groups excluding carboxylic acids is 2. The quantitative estimate of drug-likeness (QED) is 0.383. The first-order chi connectivity index (χ1) is 18.9. The molecule has 2 amide bonds. The molecule has 0 aliphatic carbocycles. The van der Waals surface area contributed by atoms with Crippen LogP contribution in [0.25, 0.3) is 0 Å². The summed E-state index contributed by atoms with van der Waals surface area (Å²) in [5.74, 6) is 2.67. The first-order valence-corrected chi connectivity index (χ1v) is 14.8. The Bertz CT molecular complexity index is 1070. The molecule has 2 aliphatic rings. The maximum atomic E-state index is 13.0. The smallest absolute Gasteiger partial charge is 0.251 e. The number of likely N-dealkylation sites (tertiary alicyclic amines) is 2. The molecule has 0 spiro atoms. The van der Waals surface area contributed by atoms with E-state index in [0.717, 1.165) is 61.6 Å². The van der Waals surface area contributed by atoms with Crippen LogP contribution in [0.5, 0.6) is 5.75 Å². The maximum Gasteiger partial charge on any atom is 0.251 e. The van der Waals surface area contributed by atoms with Crippen LogP contribution in [0.3, 0.4) is 0 Å². The molecule has 1 N–H and O–H groups in total. The molecule has 2 aliphatic heterocycles. The average molecular weight is 534 g/mol. The lowest BCUT2D eigenvalue weighted by Gasteiger charge is -2.35. The number of carbonyl (C=O) groups is 2. The molecule has 0 radical (unpaired) electrons. The van der Waals surface area contributed by atoms with Crippen molar-refractivity contribution in [2.75, 3.05) is 46.9 Å². The number of methoxy groups -OCH3 is 1. The molecule has 212 valence electrons. The van der Waals surface area contributed by atoms with Crippen molar-refractivity contribution in [1.29, 1.82) is 0 Å². The molecular weight excluding hydrogens is 486 g/mol. The fourth-order valence-electron chi connectivity index (χ4n) is 6.57. The van der Waals surface area contributed by atoms with Crippen LogP contribution in [-0.2, 0) is 4.79 Å². The largest absolute Gasteiger partial charge is 0.496 e. The molecule has 2 atom stereocenters. The van der Waals surface area contributed by atoms with Crippen LogP contribution < -0.4 is 10.1 Å². The molecule has 0 bridgehead atoms. The molecular formula is C33H47N3O3. The minimum atomic E-state index is -0.0637. The van der Waals surface area contributed by atoms with Crippen molar-refractivity contribution >= 4 is 11.8 Å². The van der Waals surface area contributed by atoms with Gasteiger partial charge < -0.3 is 19.9 Å². The third-order valence-electron chi connectivity index (χ3n) is 8.83. The van der Waals surface area contributed by atoms with E-state index < -0.39 is 0 Å². The zero-order valence-electron chi connectivity index (χ0n) is 24.4. The van der Waals surface area contributed by atoms with E-state index in [9.17, 15) is 9.59 Å². The summed E-state index contributed by atoms with van der Waals surface area (Å²) in [7, 11) is 3.87. The second kappa shape index (κ2) is 14.0. The fraction of sp³-hybridized carbons (Fsp3) is 0.576. The molecule has 2 aromatic carbocycles. The van der Waals surface area contributed by atoms with Crippen molar-refractivity contribution in [1.82, 2.24) is 15.1 Å². The van der Waals surface area contributed by atoms with E-state index in [-0.39, 0.29) is 11.8 Å². The molecule has 6 heteroatoms. The molecule has 0 saturated carbocycles. The first-order valence-electron chi connectivity index (χ1n) is 14.8. The molecule has 2 saturated heterocycles. The molecule has 2 fully saturated rings. The molecule has 4 rings (SSSR count). The Kier molecular flexibility index (Phi) is 10.4. The van der Waals surface area contributed by atoms with Crippen LogP contribution >= 0.6 is 0 Å². The van der Waals surface area contributed by atoms with E-state index in [0.29, 0.717) is 30.4 Å². The van der Waals surface area contributed by atoms with Crippen molar-refractivity contribution in [3.8, 4) is 5.75 Å². The molecule has 0 aromatic heterocycles. The average Bonchev–Trinajstić information content (AvgIpc) is 3.42. The number of hydrogen-bond acceptors (Lipinski definition) is 4. The minimum absolute atomic E-state index is 0.0637. The number of aryl methyl sites for hydroxylation is 2. The monoisotopic (exact) mass is 533 g/mol. The summed E-state index contributed by atoms with van der Waals surface area (Å²) >= 11 is 0. The van der Waals surface area contributed by atoms with Gasteiger partial charge in [0.1, 0.15) is 5.75 Å². The Hall–Kier alpha value is -2.86. The van der Waals surface area contributed by atoms with E-state index in [1.54, 1.807) is 7.11 Å². The van der Waals surface area contributed by atoms with Crippen molar-refractivity contribution in [3.63, 3.8) is 0 Å². The van der Waals surface area contributed by atoms with Gasteiger partial charge in [0.05, 0.1) is 7.11 Å². The number of hydrogen-bond donors (Lipinski definition) is 1. The fourth-order valence-corrected chi connectivity index (χ4v) is 6.57. The van der Waals surface area contributed by atoms with E-state index in [2.05, 4.69) is 47.6 Å². The third kappa shape index (κ3) is 7.84. The van der Waals surface area contributed by atoms with E-state index in [4.69, 9.17) is 4.74 Å². The van der Waals surface area contributed by atoms with E-state index in [1.807, 2.05) is 30.9 Å². The van der Waals surface area contributed by atoms with Crippen molar-refractivity contribution in [3.05, 3.63) is 64.7 Å². The zero-order chi connectivity index (χ0) is 27.8. The minimum Gasteiger partial charge on any atom is -0.496 e. The maximum absolute atomic E-state index is 13.0. The highest BCUT2D eigenvalue weighted by Crippen LogP contribution is 2.36. The second-order valence-corrected chi connectivity index (χ2v) is 11.8. The number of benzene rings is 2. The van der Waals surface area contributed by atoms with Crippen molar-refractivity contribution < 1.29 is 14.3 Å². The summed E-state index contributed by atoms with van der Waals surface area (Å²) < 4.78 is 5.41. The Morgan fingerprint density at radius 1 is 1.00 bits per heavy atom. The van der Waals surface area contributed by atoms with Gasteiger partial charge >= 0.3 is 0 Å². The predicted molar refractivity (Wildman–Crippen MR) is 157 cm³/mol. The summed E-state index contributed by atoms with van der Waals surface area (Å²) in [5.41, 5.74) is 4.04. The highest BCUT2D eigenvalue weighted by atomic mass is 16.5. The summed E-state index contributed by atoms with van der Waals surface area (Å²) in [6.45, 7) is 8.41. The second-order valence-electron chi connectivity index (χ2n) is 11.8. The third-order valence-corrected chi connectivity index (χ3v) is 8.83. The SMILES string of the molecule is COc1c(C)cc(C(=O)NCC2CCN(C(=O)CCCCC(c3ccccc3)C3CCN(C)CC3)C2)cc1C. The highest BCUT2D eigenvalue weighted by Gasteiger charge is 2.28. The van der Waals surface area contributed by atoms with Crippen molar-refractivity contribution in [2.24, 2.45) is 11.8 Å². The first kappa shape index (κ1) is 29.1. The topological polar surface area (TPSA) is 61.9 Å². The molecule has 2 heterocycles. The van der Waals surface area contributed by atoms with Gasteiger partial charge in [0.2, 0.25) is 5.91 Å². The summed E-state index contributed by atoms with van der Waals surface area (Å²) in [4.78, 5) is 30.1.